The molecule has 0 aromatic heterocycles. The number of hydrogen-bond acceptors (Lipinski definition) is 2. The SMILES string of the molecule is NC1CCN(CCC2CCCCC2)CC1. The van der Waals surface area contributed by atoms with Crippen molar-refractivity contribution in [1.82, 2.24) is 4.90 Å². The van der Waals surface area contributed by atoms with Gasteiger partial charge < -0.3 is 10.6 Å². The number of likely N-dealkylation sites (tertiary alicyclic amines) is 1. The maximum absolute atomic E-state index is 5.91. The Morgan fingerprint density at radius 3 is 2.27 bits per heavy atom. The number of rotatable bonds is 3. The van der Waals surface area contributed by atoms with Crippen LogP contribution in [0, 0.1) is 5.92 Å². The fraction of sp³-hybridized carbons (Fsp3) is 1.00. The van der Waals surface area contributed by atoms with Crippen LogP contribution in [0.25, 0.3) is 0 Å². The first kappa shape index (κ1) is 11.4. The monoisotopic (exact) mass is 210 g/mol. The van der Waals surface area contributed by atoms with E-state index >= 15 is 0 Å². The maximum atomic E-state index is 5.91. The van der Waals surface area contributed by atoms with Crippen molar-refractivity contribution in [3.63, 3.8) is 0 Å². The van der Waals surface area contributed by atoms with Crippen LogP contribution in [0.5, 0.6) is 0 Å². The number of nitrogens with zero attached hydrogens (tertiary/aromatic N) is 1. The Morgan fingerprint density at radius 1 is 0.933 bits per heavy atom. The fourth-order valence-electron chi connectivity index (χ4n) is 3.02. The van der Waals surface area contributed by atoms with Gasteiger partial charge in [0.2, 0.25) is 0 Å². The molecule has 88 valence electrons. The van der Waals surface area contributed by atoms with Crippen molar-refractivity contribution >= 4 is 0 Å². The van der Waals surface area contributed by atoms with Crippen molar-refractivity contribution in [3.8, 4) is 0 Å². The number of piperidine rings is 1. The number of nitrogens with two attached hydrogens (primary N) is 1. The summed E-state index contributed by atoms with van der Waals surface area (Å²) in [5, 5.41) is 0. The van der Waals surface area contributed by atoms with Crippen LogP contribution in [0.3, 0.4) is 0 Å². The normalized spacial score (nSPS) is 27.0. The van der Waals surface area contributed by atoms with Crippen molar-refractivity contribution in [3.05, 3.63) is 0 Å². The Kier molecular flexibility index (Phi) is 4.45. The molecule has 2 N–H and O–H groups in total. The average molecular weight is 210 g/mol. The van der Waals surface area contributed by atoms with E-state index in [1.165, 1.54) is 71.0 Å². The Balaban J connectivity index is 1.60. The summed E-state index contributed by atoms with van der Waals surface area (Å²) in [6, 6.07) is 0.482. The first-order chi connectivity index (χ1) is 7.34. The molecule has 0 unspecified atom stereocenters. The topological polar surface area (TPSA) is 29.3 Å². The van der Waals surface area contributed by atoms with Crippen LogP contribution >= 0.6 is 0 Å². The minimum atomic E-state index is 0.482. The molecular weight excluding hydrogens is 184 g/mol. The molecule has 1 heterocycles. The Morgan fingerprint density at radius 2 is 1.60 bits per heavy atom. The third kappa shape index (κ3) is 3.76. The fourth-order valence-corrected chi connectivity index (χ4v) is 3.02. The highest BCUT2D eigenvalue weighted by molar-refractivity contribution is 4.75. The molecule has 2 nitrogen and oxygen atoms in total. The lowest BCUT2D eigenvalue weighted by atomic mass is 9.87. The largest absolute Gasteiger partial charge is 0.328 e. The summed E-state index contributed by atoms with van der Waals surface area (Å²) in [7, 11) is 0. The summed E-state index contributed by atoms with van der Waals surface area (Å²) in [6.07, 6.45) is 11.3. The second-order valence-electron chi connectivity index (χ2n) is 5.47. The molecule has 0 aromatic rings. The van der Waals surface area contributed by atoms with Gasteiger partial charge in [-0.05, 0) is 44.8 Å². The van der Waals surface area contributed by atoms with E-state index in [9.17, 15) is 0 Å². The summed E-state index contributed by atoms with van der Waals surface area (Å²) in [6.45, 7) is 3.82. The van der Waals surface area contributed by atoms with E-state index in [1.54, 1.807) is 0 Å². The summed E-state index contributed by atoms with van der Waals surface area (Å²) in [5.74, 6) is 1.04. The van der Waals surface area contributed by atoms with E-state index in [4.69, 9.17) is 5.73 Å². The van der Waals surface area contributed by atoms with Crippen LogP contribution in [-0.2, 0) is 0 Å². The lowest BCUT2D eigenvalue weighted by Crippen LogP contribution is -2.40. The highest BCUT2D eigenvalue weighted by Gasteiger charge is 2.18. The Hall–Kier alpha value is -0.0800. The molecule has 0 aromatic carbocycles. The van der Waals surface area contributed by atoms with Gasteiger partial charge in [-0.15, -0.1) is 0 Å². The highest BCUT2D eigenvalue weighted by atomic mass is 15.1. The van der Waals surface area contributed by atoms with Crippen molar-refractivity contribution in [2.45, 2.75) is 57.4 Å². The lowest BCUT2D eigenvalue weighted by Gasteiger charge is -2.31. The van der Waals surface area contributed by atoms with Crippen LogP contribution in [-0.4, -0.2) is 30.6 Å². The zero-order valence-corrected chi connectivity index (χ0v) is 9.96. The quantitative estimate of drug-likeness (QED) is 0.775. The summed E-state index contributed by atoms with van der Waals surface area (Å²) >= 11 is 0. The molecule has 1 aliphatic carbocycles. The van der Waals surface area contributed by atoms with Gasteiger partial charge in [-0.3, -0.25) is 0 Å². The summed E-state index contributed by atoms with van der Waals surface area (Å²) < 4.78 is 0. The summed E-state index contributed by atoms with van der Waals surface area (Å²) in [5.41, 5.74) is 5.91. The second-order valence-corrected chi connectivity index (χ2v) is 5.47. The molecule has 2 fully saturated rings. The summed E-state index contributed by atoms with van der Waals surface area (Å²) in [4.78, 5) is 2.62. The predicted octanol–water partition coefficient (Wildman–Crippen LogP) is 2.38. The van der Waals surface area contributed by atoms with E-state index < -0.39 is 0 Å². The zero-order valence-electron chi connectivity index (χ0n) is 9.96. The molecule has 15 heavy (non-hydrogen) atoms. The first-order valence-electron chi connectivity index (χ1n) is 6.82. The van der Waals surface area contributed by atoms with Gasteiger partial charge in [0.25, 0.3) is 0 Å². The van der Waals surface area contributed by atoms with E-state index in [0.29, 0.717) is 6.04 Å². The second kappa shape index (κ2) is 5.86. The first-order valence-corrected chi connectivity index (χ1v) is 6.82. The van der Waals surface area contributed by atoms with Crippen molar-refractivity contribution in [1.29, 1.82) is 0 Å². The molecule has 2 heteroatoms. The molecule has 1 saturated carbocycles. The molecule has 2 rings (SSSR count). The standard InChI is InChI=1S/C13H26N2/c14-13-7-10-15(11-8-13)9-6-12-4-2-1-3-5-12/h12-13H,1-11,14H2. The molecule has 1 aliphatic heterocycles. The van der Waals surface area contributed by atoms with Crippen LogP contribution in [0.2, 0.25) is 0 Å². The van der Waals surface area contributed by atoms with Gasteiger partial charge in [0.1, 0.15) is 0 Å². The molecular formula is C13H26N2. The van der Waals surface area contributed by atoms with Gasteiger partial charge in [0.05, 0.1) is 0 Å². The van der Waals surface area contributed by atoms with Gasteiger partial charge in [0.15, 0.2) is 0 Å². The Labute approximate surface area is 94.2 Å². The van der Waals surface area contributed by atoms with Crippen molar-refractivity contribution in [2.24, 2.45) is 11.7 Å². The molecule has 0 spiro atoms. The molecule has 0 atom stereocenters. The van der Waals surface area contributed by atoms with Crippen LogP contribution in [0.1, 0.15) is 51.4 Å². The molecule has 1 saturated heterocycles. The molecule has 2 aliphatic rings. The third-order valence-corrected chi connectivity index (χ3v) is 4.21. The van der Waals surface area contributed by atoms with Gasteiger partial charge in [-0.2, -0.15) is 0 Å². The Bertz CT molecular complexity index is 167. The number of hydrogen-bond donors (Lipinski definition) is 1. The minimum Gasteiger partial charge on any atom is -0.328 e. The van der Waals surface area contributed by atoms with Crippen LogP contribution < -0.4 is 5.73 Å². The molecule has 0 bridgehead atoms. The lowest BCUT2D eigenvalue weighted by molar-refractivity contribution is 0.190. The van der Waals surface area contributed by atoms with Crippen molar-refractivity contribution < 1.29 is 0 Å². The highest BCUT2D eigenvalue weighted by Crippen LogP contribution is 2.26. The van der Waals surface area contributed by atoms with E-state index in [2.05, 4.69) is 4.90 Å². The smallest absolute Gasteiger partial charge is 0.00631 e. The third-order valence-electron chi connectivity index (χ3n) is 4.21. The average Bonchev–Trinajstić information content (AvgIpc) is 2.30. The van der Waals surface area contributed by atoms with Gasteiger partial charge in [-0.1, -0.05) is 32.1 Å². The van der Waals surface area contributed by atoms with Gasteiger partial charge in [0, 0.05) is 6.04 Å². The zero-order chi connectivity index (χ0) is 10.5. The van der Waals surface area contributed by atoms with Crippen molar-refractivity contribution in [2.75, 3.05) is 19.6 Å². The minimum absolute atomic E-state index is 0.482. The van der Waals surface area contributed by atoms with E-state index in [0.717, 1.165) is 5.92 Å². The van der Waals surface area contributed by atoms with E-state index in [1.807, 2.05) is 0 Å². The van der Waals surface area contributed by atoms with Gasteiger partial charge >= 0.3 is 0 Å². The molecule has 0 amide bonds. The van der Waals surface area contributed by atoms with Gasteiger partial charge in [-0.25, -0.2) is 0 Å². The van der Waals surface area contributed by atoms with Crippen LogP contribution in [0.15, 0.2) is 0 Å². The maximum Gasteiger partial charge on any atom is 0.00631 e. The van der Waals surface area contributed by atoms with E-state index in [-0.39, 0.29) is 0 Å². The molecule has 0 radical (unpaired) electrons. The van der Waals surface area contributed by atoms with Crippen LogP contribution in [0.4, 0.5) is 0 Å². The predicted molar refractivity (Wildman–Crippen MR) is 64.8 cm³/mol.